The van der Waals surface area contributed by atoms with E-state index >= 15 is 0 Å². The highest BCUT2D eigenvalue weighted by Gasteiger charge is 2.16. The van der Waals surface area contributed by atoms with Gasteiger partial charge < -0.3 is 4.74 Å². The van der Waals surface area contributed by atoms with Crippen LogP contribution in [0, 0.1) is 11.3 Å². The van der Waals surface area contributed by atoms with Gasteiger partial charge in [0, 0.05) is 10.6 Å². The molecular weight excluding hydrogens is 274 g/mol. The first kappa shape index (κ1) is 14.1. The molecule has 2 rings (SSSR count). The van der Waals surface area contributed by atoms with Crippen molar-refractivity contribution in [2.24, 2.45) is 0 Å². The third-order valence-corrected chi connectivity index (χ3v) is 3.05. The Kier molecular flexibility index (Phi) is 4.39. The molecule has 0 aromatic heterocycles. The van der Waals surface area contributed by atoms with E-state index in [9.17, 15) is 4.79 Å². The van der Waals surface area contributed by atoms with Crippen LogP contribution in [0.4, 0.5) is 0 Å². The molecule has 0 radical (unpaired) electrons. The summed E-state index contributed by atoms with van der Waals surface area (Å²) in [5, 5.41) is 9.30. The number of nitrogens with zero attached hydrogens (tertiary/aromatic N) is 1. The number of ether oxygens (including phenoxy) is 1. The number of nitriles is 1. The van der Waals surface area contributed by atoms with E-state index in [0.29, 0.717) is 21.9 Å². The van der Waals surface area contributed by atoms with E-state index in [1.165, 1.54) is 0 Å². The van der Waals surface area contributed by atoms with Gasteiger partial charge in [0.05, 0.1) is 11.6 Å². The van der Waals surface area contributed by atoms with Gasteiger partial charge in [0.1, 0.15) is 5.75 Å². The molecule has 0 spiro atoms. The van der Waals surface area contributed by atoms with E-state index in [4.69, 9.17) is 21.6 Å². The van der Waals surface area contributed by atoms with Gasteiger partial charge in [-0.2, -0.15) is 5.26 Å². The maximum atomic E-state index is 12.2. The molecule has 0 bridgehead atoms. The zero-order valence-corrected chi connectivity index (χ0v) is 11.6. The molecule has 0 heterocycles. The van der Waals surface area contributed by atoms with E-state index in [-0.39, 0.29) is 5.78 Å². The Hall–Kier alpha value is -2.31. The van der Waals surface area contributed by atoms with Gasteiger partial charge in [-0.05, 0) is 55.5 Å². The van der Waals surface area contributed by atoms with Crippen LogP contribution in [0.5, 0.6) is 5.75 Å². The summed E-state index contributed by atoms with van der Waals surface area (Å²) in [6, 6.07) is 15.3. The Morgan fingerprint density at radius 1 is 1.15 bits per heavy atom. The van der Waals surface area contributed by atoms with Crippen molar-refractivity contribution in [3.63, 3.8) is 0 Å². The van der Waals surface area contributed by atoms with Gasteiger partial charge in [0.25, 0.3) is 0 Å². The number of carbonyl (C=O) groups is 1. The van der Waals surface area contributed by atoms with Gasteiger partial charge in [0.2, 0.25) is 5.78 Å². The Morgan fingerprint density at radius 2 is 1.75 bits per heavy atom. The topological polar surface area (TPSA) is 50.1 Å². The number of Topliss-reactive ketones (excluding diaryl/α,β-unsaturated/α-hetero) is 1. The average molecular weight is 286 g/mol. The van der Waals surface area contributed by atoms with Crippen LogP contribution >= 0.6 is 11.6 Å². The van der Waals surface area contributed by atoms with E-state index in [0.717, 1.165) is 0 Å². The Morgan fingerprint density at radius 3 is 2.30 bits per heavy atom. The van der Waals surface area contributed by atoms with Crippen molar-refractivity contribution >= 4 is 17.4 Å². The second-order valence-electron chi connectivity index (χ2n) is 4.27. The van der Waals surface area contributed by atoms with E-state index in [2.05, 4.69) is 0 Å². The van der Waals surface area contributed by atoms with E-state index in [1.807, 2.05) is 6.07 Å². The summed E-state index contributed by atoms with van der Waals surface area (Å²) in [4.78, 5) is 12.2. The van der Waals surface area contributed by atoms with Crippen LogP contribution in [-0.2, 0) is 0 Å². The summed E-state index contributed by atoms with van der Waals surface area (Å²) < 4.78 is 5.57. The number of benzene rings is 2. The van der Waals surface area contributed by atoms with Crippen LogP contribution in [0.2, 0.25) is 5.02 Å². The summed E-state index contributed by atoms with van der Waals surface area (Å²) in [7, 11) is 0. The second-order valence-corrected chi connectivity index (χ2v) is 4.70. The van der Waals surface area contributed by atoms with Crippen molar-refractivity contribution < 1.29 is 9.53 Å². The van der Waals surface area contributed by atoms with Crippen LogP contribution in [0.3, 0.4) is 0 Å². The maximum Gasteiger partial charge on any atom is 0.202 e. The van der Waals surface area contributed by atoms with Crippen LogP contribution in [0.1, 0.15) is 22.8 Å². The predicted molar refractivity (Wildman–Crippen MR) is 77.0 cm³/mol. The molecule has 1 atom stereocenters. The zero-order chi connectivity index (χ0) is 14.5. The van der Waals surface area contributed by atoms with Gasteiger partial charge in [-0.1, -0.05) is 11.6 Å². The molecule has 2 aromatic carbocycles. The Balaban J connectivity index is 2.07. The average Bonchev–Trinajstić information content (AvgIpc) is 2.48. The molecule has 3 nitrogen and oxygen atoms in total. The minimum absolute atomic E-state index is 0.119. The van der Waals surface area contributed by atoms with Crippen molar-refractivity contribution in [1.82, 2.24) is 0 Å². The van der Waals surface area contributed by atoms with Gasteiger partial charge in [-0.3, -0.25) is 4.79 Å². The lowest BCUT2D eigenvalue weighted by molar-refractivity contribution is 0.0818. The summed E-state index contributed by atoms with van der Waals surface area (Å²) in [5.41, 5.74) is 1.10. The molecule has 20 heavy (non-hydrogen) atoms. The zero-order valence-electron chi connectivity index (χ0n) is 10.8. The van der Waals surface area contributed by atoms with Gasteiger partial charge in [-0.15, -0.1) is 0 Å². The summed E-state index contributed by atoms with van der Waals surface area (Å²) in [6.07, 6.45) is -0.607. The molecular formula is C16H12ClNO2. The largest absolute Gasteiger partial charge is 0.483 e. The molecule has 0 aliphatic carbocycles. The minimum Gasteiger partial charge on any atom is -0.483 e. The van der Waals surface area contributed by atoms with Crippen LogP contribution < -0.4 is 4.74 Å². The fourth-order valence-corrected chi connectivity index (χ4v) is 1.84. The highest BCUT2D eigenvalue weighted by atomic mass is 35.5. The summed E-state index contributed by atoms with van der Waals surface area (Å²) in [5.74, 6) is 0.435. The smallest absolute Gasteiger partial charge is 0.202 e. The van der Waals surface area contributed by atoms with Crippen molar-refractivity contribution in [1.29, 1.82) is 5.26 Å². The lowest BCUT2D eigenvalue weighted by atomic mass is 10.1. The summed E-state index contributed by atoms with van der Waals surface area (Å²) in [6.45, 7) is 1.69. The van der Waals surface area contributed by atoms with Crippen molar-refractivity contribution in [3.05, 3.63) is 64.7 Å². The fourth-order valence-electron chi connectivity index (χ4n) is 1.71. The molecule has 4 heteroatoms. The first-order chi connectivity index (χ1) is 9.60. The highest BCUT2D eigenvalue weighted by molar-refractivity contribution is 6.30. The quantitative estimate of drug-likeness (QED) is 0.802. The molecule has 0 amide bonds. The van der Waals surface area contributed by atoms with Crippen molar-refractivity contribution in [2.45, 2.75) is 13.0 Å². The maximum absolute atomic E-state index is 12.2. The van der Waals surface area contributed by atoms with Crippen LogP contribution in [0.25, 0.3) is 0 Å². The highest BCUT2D eigenvalue weighted by Crippen LogP contribution is 2.16. The van der Waals surface area contributed by atoms with E-state index in [1.54, 1.807) is 55.5 Å². The van der Waals surface area contributed by atoms with Gasteiger partial charge in [-0.25, -0.2) is 0 Å². The molecule has 0 N–H and O–H groups in total. The lowest BCUT2D eigenvalue weighted by Crippen LogP contribution is -2.23. The third kappa shape index (κ3) is 3.37. The first-order valence-corrected chi connectivity index (χ1v) is 6.44. The van der Waals surface area contributed by atoms with E-state index < -0.39 is 6.10 Å². The predicted octanol–water partition coefficient (Wildman–Crippen LogP) is 3.86. The molecule has 0 aliphatic rings. The standard InChI is InChI=1S/C16H12ClNO2/c1-11(16(19)13-4-6-14(17)7-5-13)20-15-8-2-12(10-18)3-9-15/h2-9,11H,1H3/t11-/m1/s1. The third-order valence-electron chi connectivity index (χ3n) is 2.79. The number of hydrogen-bond donors (Lipinski definition) is 0. The lowest BCUT2D eigenvalue weighted by Gasteiger charge is -2.13. The normalized spacial score (nSPS) is 11.4. The number of rotatable bonds is 4. The molecule has 100 valence electrons. The number of hydrogen-bond acceptors (Lipinski definition) is 3. The van der Waals surface area contributed by atoms with Gasteiger partial charge >= 0.3 is 0 Å². The van der Waals surface area contributed by atoms with Crippen molar-refractivity contribution in [2.75, 3.05) is 0 Å². The van der Waals surface area contributed by atoms with Crippen LogP contribution in [0.15, 0.2) is 48.5 Å². The monoisotopic (exact) mass is 285 g/mol. The molecule has 0 unspecified atom stereocenters. The van der Waals surface area contributed by atoms with Crippen LogP contribution in [-0.4, -0.2) is 11.9 Å². The van der Waals surface area contributed by atoms with Gasteiger partial charge in [0.15, 0.2) is 6.10 Å². The summed E-state index contributed by atoms with van der Waals surface area (Å²) >= 11 is 5.79. The Labute approximate surface area is 122 Å². The second kappa shape index (κ2) is 6.23. The Bertz CT molecular complexity index is 642. The number of ketones is 1. The SMILES string of the molecule is C[C@@H](Oc1ccc(C#N)cc1)C(=O)c1ccc(Cl)cc1. The molecule has 0 saturated heterocycles. The number of halogens is 1. The first-order valence-electron chi connectivity index (χ1n) is 6.07. The molecule has 0 aliphatic heterocycles. The molecule has 2 aromatic rings. The fraction of sp³-hybridized carbons (Fsp3) is 0.125. The molecule has 0 fully saturated rings. The van der Waals surface area contributed by atoms with Crippen molar-refractivity contribution in [3.8, 4) is 11.8 Å². The number of carbonyl (C=O) groups excluding carboxylic acids is 1. The minimum atomic E-state index is -0.607. The molecule has 0 saturated carbocycles.